The topological polar surface area (TPSA) is 32.3 Å². The van der Waals surface area contributed by atoms with Crippen LogP contribution in [0, 0.1) is 0 Å². The fourth-order valence-corrected chi connectivity index (χ4v) is 1.56. The van der Waals surface area contributed by atoms with Crippen molar-refractivity contribution < 1.29 is 5.11 Å². The molecule has 0 spiro atoms. The maximum absolute atomic E-state index is 9.03. The summed E-state index contributed by atoms with van der Waals surface area (Å²) in [5.74, 6) is 0. The van der Waals surface area contributed by atoms with Gasteiger partial charge in [-0.15, -0.1) is 0 Å². The molecule has 78 valence electrons. The van der Waals surface area contributed by atoms with Crippen molar-refractivity contribution in [2.75, 3.05) is 6.54 Å². The van der Waals surface area contributed by atoms with E-state index in [9.17, 15) is 0 Å². The summed E-state index contributed by atoms with van der Waals surface area (Å²) in [5, 5.41) is 13.4. The fraction of sp³-hybridized carbons (Fsp3) is 0.400. The Morgan fingerprint density at radius 1 is 1.43 bits per heavy atom. The Balaban J connectivity index is 2.51. The van der Waals surface area contributed by atoms with Gasteiger partial charge in [0.1, 0.15) is 0 Å². The van der Waals surface area contributed by atoms with Gasteiger partial charge in [-0.25, -0.2) is 0 Å². The van der Waals surface area contributed by atoms with E-state index in [1.807, 2.05) is 6.07 Å². The lowest BCUT2D eigenvalue weighted by Gasteiger charge is -2.08. The molecule has 0 bridgehead atoms. The molecule has 1 atom stereocenters. The molecule has 1 aromatic carbocycles. The second-order valence-corrected chi connectivity index (χ2v) is 4.06. The highest BCUT2D eigenvalue weighted by Gasteiger charge is 2.01. The summed E-state index contributed by atoms with van der Waals surface area (Å²) >= 11 is 11.7. The van der Waals surface area contributed by atoms with Gasteiger partial charge in [-0.05, 0) is 24.6 Å². The van der Waals surface area contributed by atoms with Crippen LogP contribution in [0.1, 0.15) is 12.5 Å². The van der Waals surface area contributed by atoms with Crippen LogP contribution < -0.4 is 5.32 Å². The van der Waals surface area contributed by atoms with Gasteiger partial charge < -0.3 is 10.4 Å². The summed E-state index contributed by atoms with van der Waals surface area (Å²) in [6.07, 6.45) is -0.346. The smallest absolute Gasteiger partial charge is 0.0636 e. The van der Waals surface area contributed by atoms with Crippen LogP contribution in [0.3, 0.4) is 0 Å². The zero-order valence-electron chi connectivity index (χ0n) is 7.93. The normalized spacial score (nSPS) is 12.9. The third-order valence-electron chi connectivity index (χ3n) is 1.77. The summed E-state index contributed by atoms with van der Waals surface area (Å²) in [4.78, 5) is 0. The summed E-state index contributed by atoms with van der Waals surface area (Å²) in [7, 11) is 0. The molecule has 0 amide bonds. The van der Waals surface area contributed by atoms with Gasteiger partial charge in [-0.1, -0.05) is 29.3 Å². The third kappa shape index (κ3) is 3.84. The van der Waals surface area contributed by atoms with Crippen LogP contribution >= 0.6 is 23.2 Å². The van der Waals surface area contributed by atoms with E-state index >= 15 is 0 Å². The molecule has 4 heteroatoms. The minimum atomic E-state index is -0.346. The fourth-order valence-electron chi connectivity index (χ4n) is 1.08. The van der Waals surface area contributed by atoms with E-state index in [1.54, 1.807) is 19.1 Å². The van der Waals surface area contributed by atoms with Gasteiger partial charge in [0.15, 0.2) is 0 Å². The standard InChI is InChI=1S/C10H13Cl2NO/c1-7(14)5-13-6-8-2-3-9(11)4-10(8)12/h2-4,7,13-14H,5-6H2,1H3/t7-/m1/s1. The highest BCUT2D eigenvalue weighted by Crippen LogP contribution is 2.20. The zero-order chi connectivity index (χ0) is 10.6. The molecule has 14 heavy (non-hydrogen) atoms. The van der Waals surface area contributed by atoms with Crippen LogP contribution in [0.4, 0.5) is 0 Å². The first-order valence-electron chi connectivity index (χ1n) is 4.42. The van der Waals surface area contributed by atoms with Crippen molar-refractivity contribution in [3.8, 4) is 0 Å². The average Bonchev–Trinajstić information content (AvgIpc) is 2.08. The second-order valence-electron chi connectivity index (χ2n) is 3.22. The molecular formula is C10H13Cl2NO. The largest absolute Gasteiger partial charge is 0.392 e. The van der Waals surface area contributed by atoms with Crippen molar-refractivity contribution in [2.45, 2.75) is 19.6 Å². The summed E-state index contributed by atoms with van der Waals surface area (Å²) in [6.45, 7) is 2.93. The van der Waals surface area contributed by atoms with Crippen LogP contribution in [0.5, 0.6) is 0 Å². The summed E-state index contributed by atoms with van der Waals surface area (Å²) in [5.41, 5.74) is 0.983. The van der Waals surface area contributed by atoms with Crippen LogP contribution in [0.2, 0.25) is 10.0 Å². The molecule has 2 nitrogen and oxygen atoms in total. The lowest BCUT2D eigenvalue weighted by Crippen LogP contribution is -2.23. The quantitative estimate of drug-likeness (QED) is 0.838. The molecule has 2 N–H and O–H groups in total. The summed E-state index contributed by atoms with van der Waals surface area (Å²) < 4.78 is 0. The van der Waals surface area contributed by atoms with Crippen LogP contribution in [-0.4, -0.2) is 17.8 Å². The molecular weight excluding hydrogens is 221 g/mol. The van der Waals surface area contributed by atoms with Crippen LogP contribution in [0.15, 0.2) is 18.2 Å². The Morgan fingerprint density at radius 3 is 2.71 bits per heavy atom. The zero-order valence-corrected chi connectivity index (χ0v) is 9.44. The van der Waals surface area contributed by atoms with E-state index in [0.717, 1.165) is 5.56 Å². The number of hydrogen-bond acceptors (Lipinski definition) is 2. The lowest BCUT2D eigenvalue weighted by atomic mass is 10.2. The van der Waals surface area contributed by atoms with E-state index in [0.29, 0.717) is 23.1 Å². The molecule has 0 aromatic heterocycles. The number of nitrogens with one attached hydrogen (secondary N) is 1. The molecule has 0 radical (unpaired) electrons. The SMILES string of the molecule is C[C@@H](O)CNCc1ccc(Cl)cc1Cl. The monoisotopic (exact) mass is 233 g/mol. The van der Waals surface area contributed by atoms with Crippen molar-refractivity contribution in [3.63, 3.8) is 0 Å². The number of hydrogen-bond donors (Lipinski definition) is 2. The van der Waals surface area contributed by atoms with Gasteiger partial charge in [0.05, 0.1) is 6.10 Å². The van der Waals surface area contributed by atoms with Gasteiger partial charge >= 0.3 is 0 Å². The maximum atomic E-state index is 9.03. The summed E-state index contributed by atoms with van der Waals surface area (Å²) in [6, 6.07) is 5.38. The predicted octanol–water partition coefficient (Wildman–Crippen LogP) is 2.46. The Bertz CT molecular complexity index is 302. The number of halogens is 2. The van der Waals surface area contributed by atoms with Gasteiger partial charge in [0, 0.05) is 23.1 Å². The molecule has 0 saturated heterocycles. The first-order valence-corrected chi connectivity index (χ1v) is 5.18. The molecule has 0 aliphatic heterocycles. The van der Waals surface area contributed by atoms with Crippen molar-refractivity contribution in [1.82, 2.24) is 5.32 Å². The van der Waals surface area contributed by atoms with Crippen molar-refractivity contribution in [1.29, 1.82) is 0 Å². The number of benzene rings is 1. The third-order valence-corrected chi connectivity index (χ3v) is 2.36. The molecule has 0 aliphatic rings. The van der Waals surface area contributed by atoms with Crippen LogP contribution in [0.25, 0.3) is 0 Å². The van der Waals surface area contributed by atoms with Crippen molar-refractivity contribution >= 4 is 23.2 Å². The van der Waals surface area contributed by atoms with E-state index in [-0.39, 0.29) is 6.10 Å². The number of rotatable bonds is 4. The van der Waals surface area contributed by atoms with Crippen molar-refractivity contribution in [3.05, 3.63) is 33.8 Å². The average molecular weight is 234 g/mol. The number of aliphatic hydroxyl groups is 1. The Labute approximate surface area is 93.8 Å². The molecule has 0 saturated carbocycles. The van der Waals surface area contributed by atoms with Crippen LogP contribution in [-0.2, 0) is 6.54 Å². The first kappa shape index (κ1) is 11.8. The molecule has 0 aliphatic carbocycles. The highest BCUT2D eigenvalue weighted by atomic mass is 35.5. The molecule has 0 fully saturated rings. The van der Waals surface area contributed by atoms with E-state index in [2.05, 4.69) is 5.32 Å². The first-order chi connectivity index (χ1) is 6.59. The Morgan fingerprint density at radius 2 is 2.14 bits per heavy atom. The Kier molecular flexibility index (Phi) is 4.69. The Hall–Kier alpha value is -0.280. The van der Waals surface area contributed by atoms with E-state index < -0.39 is 0 Å². The van der Waals surface area contributed by atoms with E-state index in [1.165, 1.54) is 0 Å². The molecule has 0 heterocycles. The highest BCUT2D eigenvalue weighted by molar-refractivity contribution is 6.35. The van der Waals surface area contributed by atoms with Crippen molar-refractivity contribution in [2.24, 2.45) is 0 Å². The lowest BCUT2D eigenvalue weighted by molar-refractivity contribution is 0.191. The van der Waals surface area contributed by atoms with Gasteiger partial charge in [0.25, 0.3) is 0 Å². The maximum Gasteiger partial charge on any atom is 0.0636 e. The second kappa shape index (κ2) is 5.56. The molecule has 1 rings (SSSR count). The van der Waals surface area contributed by atoms with Gasteiger partial charge in [0.2, 0.25) is 0 Å². The molecule has 0 unspecified atom stereocenters. The number of aliphatic hydroxyl groups excluding tert-OH is 1. The van der Waals surface area contributed by atoms with Gasteiger partial charge in [-0.3, -0.25) is 0 Å². The molecule has 1 aromatic rings. The van der Waals surface area contributed by atoms with Gasteiger partial charge in [-0.2, -0.15) is 0 Å². The predicted molar refractivity (Wildman–Crippen MR) is 59.8 cm³/mol. The van der Waals surface area contributed by atoms with E-state index in [4.69, 9.17) is 28.3 Å². The minimum absolute atomic E-state index is 0.346. The minimum Gasteiger partial charge on any atom is -0.392 e.